The summed E-state index contributed by atoms with van der Waals surface area (Å²) in [5.41, 5.74) is 2.24. The summed E-state index contributed by atoms with van der Waals surface area (Å²) in [6, 6.07) is 18.3. The second-order valence-corrected chi connectivity index (χ2v) is 7.60. The molecule has 5 heteroatoms. The number of halogens is 1. The van der Waals surface area contributed by atoms with Crippen molar-refractivity contribution in [3.63, 3.8) is 0 Å². The van der Waals surface area contributed by atoms with Crippen LogP contribution in [0.4, 0.5) is 4.39 Å². The van der Waals surface area contributed by atoms with E-state index in [1.54, 1.807) is 12.3 Å². The number of furan rings is 1. The molecule has 1 fully saturated rings. The molecule has 0 radical (unpaired) electrons. The fraction of sp³-hybridized carbons (Fsp3) is 0.292. The minimum Gasteiger partial charge on any atom is -0.464 e. The van der Waals surface area contributed by atoms with Crippen LogP contribution in [0.3, 0.4) is 0 Å². The van der Waals surface area contributed by atoms with Gasteiger partial charge in [-0.05, 0) is 49.7 Å². The lowest BCUT2D eigenvalue weighted by atomic mass is 10.0. The number of amides is 1. The van der Waals surface area contributed by atoms with E-state index in [4.69, 9.17) is 4.42 Å². The SMILES string of the molecule is CN(C(=O)c1cccc(-c2ccco2)c1)[C@@H]1CCCN(Cc2ccccc2F)C1. The van der Waals surface area contributed by atoms with Crippen LogP contribution >= 0.6 is 0 Å². The maximum absolute atomic E-state index is 14.0. The van der Waals surface area contributed by atoms with Crippen molar-refractivity contribution in [2.45, 2.75) is 25.4 Å². The van der Waals surface area contributed by atoms with Crippen molar-refractivity contribution >= 4 is 5.91 Å². The quantitative estimate of drug-likeness (QED) is 0.625. The normalized spacial score (nSPS) is 17.2. The molecule has 0 N–H and O–H groups in total. The highest BCUT2D eigenvalue weighted by Gasteiger charge is 2.27. The highest BCUT2D eigenvalue weighted by Crippen LogP contribution is 2.23. The third-order valence-corrected chi connectivity index (χ3v) is 5.62. The van der Waals surface area contributed by atoms with Crippen LogP contribution in [0.1, 0.15) is 28.8 Å². The predicted molar refractivity (Wildman–Crippen MR) is 111 cm³/mol. The Morgan fingerprint density at radius 1 is 1.17 bits per heavy atom. The smallest absolute Gasteiger partial charge is 0.253 e. The summed E-state index contributed by atoms with van der Waals surface area (Å²) in [4.78, 5) is 17.2. The summed E-state index contributed by atoms with van der Waals surface area (Å²) in [6.07, 6.45) is 3.57. The van der Waals surface area contributed by atoms with Crippen LogP contribution in [0.15, 0.2) is 71.3 Å². The van der Waals surface area contributed by atoms with Crippen LogP contribution in [0, 0.1) is 5.82 Å². The highest BCUT2D eigenvalue weighted by molar-refractivity contribution is 5.95. The number of carbonyl (C=O) groups is 1. The molecule has 1 aliphatic heterocycles. The molecule has 1 amide bonds. The summed E-state index contributed by atoms with van der Waals surface area (Å²) in [7, 11) is 1.86. The maximum atomic E-state index is 14.0. The van der Waals surface area contributed by atoms with Crippen molar-refractivity contribution < 1.29 is 13.6 Å². The molecule has 2 aromatic carbocycles. The topological polar surface area (TPSA) is 36.7 Å². The number of benzene rings is 2. The highest BCUT2D eigenvalue weighted by atomic mass is 19.1. The first-order chi connectivity index (χ1) is 14.1. The number of nitrogens with zero attached hydrogens (tertiary/aromatic N) is 2. The summed E-state index contributed by atoms with van der Waals surface area (Å²) in [5.74, 6) is 0.570. The zero-order valence-corrected chi connectivity index (χ0v) is 16.6. The zero-order valence-electron chi connectivity index (χ0n) is 16.6. The van der Waals surface area contributed by atoms with Crippen LogP contribution in [0.2, 0.25) is 0 Å². The molecule has 2 heterocycles. The molecular formula is C24H25FN2O2. The van der Waals surface area contributed by atoms with Crippen LogP contribution in [-0.2, 0) is 6.54 Å². The molecule has 1 atom stereocenters. The lowest BCUT2D eigenvalue weighted by Crippen LogP contribution is -2.48. The van der Waals surface area contributed by atoms with Gasteiger partial charge in [0.1, 0.15) is 11.6 Å². The average molecular weight is 392 g/mol. The van der Waals surface area contributed by atoms with Gasteiger partial charge < -0.3 is 9.32 Å². The van der Waals surface area contributed by atoms with E-state index in [0.29, 0.717) is 17.7 Å². The van der Waals surface area contributed by atoms with Gasteiger partial charge in [0.2, 0.25) is 0 Å². The second kappa shape index (κ2) is 8.62. The predicted octanol–water partition coefficient (Wildman–Crippen LogP) is 4.82. The first-order valence-corrected chi connectivity index (χ1v) is 9.98. The second-order valence-electron chi connectivity index (χ2n) is 7.60. The van der Waals surface area contributed by atoms with Crippen LogP contribution < -0.4 is 0 Å². The largest absolute Gasteiger partial charge is 0.464 e. The van der Waals surface area contributed by atoms with Gasteiger partial charge in [0.25, 0.3) is 5.91 Å². The van der Waals surface area contributed by atoms with Crippen molar-refractivity contribution in [3.8, 4) is 11.3 Å². The van der Waals surface area contributed by atoms with Gasteiger partial charge in [0.15, 0.2) is 0 Å². The molecular weight excluding hydrogens is 367 g/mol. The Hall–Kier alpha value is -2.92. The third-order valence-electron chi connectivity index (χ3n) is 5.62. The molecule has 0 aliphatic carbocycles. The van der Waals surface area contributed by atoms with E-state index in [-0.39, 0.29) is 17.8 Å². The summed E-state index contributed by atoms with van der Waals surface area (Å²) >= 11 is 0. The van der Waals surface area contributed by atoms with Gasteiger partial charge in [-0.25, -0.2) is 4.39 Å². The molecule has 1 aromatic heterocycles. The van der Waals surface area contributed by atoms with Crippen LogP contribution in [0.5, 0.6) is 0 Å². The number of rotatable bonds is 5. The van der Waals surface area contributed by atoms with Gasteiger partial charge in [-0.3, -0.25) is 9.69 Å². The maximum Gasteiger partial charge on any atom is 0.253 e. The van der Waals surface area contributed by atoms with Gasteiger partial charge in [0, 0.05) is 42.9 Å². The number of hydrogen-bond donors (Lipinski definition) is 0. The van der Waals surface area contributed by atoms with E-state index < -0.39 is 0 Å². The number of carbonyl (C=O) groups excluding carboxylic acids is 1. The Balaban J connectivity index is 1.45. The Morgan fingerprint density at radius 2 is 2.03 bits per heavy atom. The van der Waals surface area contributed by atoms with E-state index in [1.165, 1.54) is 6.07 Å². The summed E-state index contributed by atoms with van der Waals surface area (Å²) < 4.78 is 19.5. The van der Waals surface area contributed by atoms with Gasteiger partial charge >= 0.3 is 0 Å². The third kappa shape index (κ3) is 4.40. The van der Waals surface area contributed by atoms with Crippen molar-refractivity contribution in [3.05, 3.63) is 83.9 Å². The molecule has 0 saturated carbocycles. The Bertz CT molecular complexity index is 971. The number of likely N-dealkylation sites (tertiary alicyclic amines) is 1. The molecule has 29 heavy (non-hydrogen) atoms. The van der Waals surface area contributed by atoms with E-state index >= 15 is 0 Å². The lowest BCUT2D eigenvalue weighted by Gasteiger charge is -2.37. The standard InChI is InChI=1S/C24H25FN2O2/c1-26(24(28)19-9-4-8-18(15-19)23-12-6-14-29-23)21-10-5-13-27(17-21)16-20-7-2-3-11-22(20)25/h2-4,6-9,11-12,14-15,21H,5,10,13,16-17H2,1H3/t21-/m1/s1. The molecule has 0 bridgehead atoms. The minimum atomic E-state index is -0.172. The molecule has 0 spiro atoms. The average Bonchev–Trinajstić information content (AvgIpc) is 3.30. The Morgan fingerprint density at radius 3 is 2.83 bits per heavy atom. The molecule has 4 nitrogen and oxygen atoms in total. The van der Waals surface area contributed by atoms with Gasteiger partial charge in [0.05, 0.1) is 6.26 Å². The lowest BCUT2D eigenvalue weighted by molar-refractivity contribution is 0.0608. The van der Waals surface area contributed by atoms with Crippen molar-refractivity contribution in [2.75, 3.05) is 20.1 Å². The molecule has 150 valence electrons. The molecule has 3 aromatic rings. The fourth-order valence-electron chi connectivity index (χ4n) is 3.98. The number of hydrogen-bond acceptors (Lipinski definition) is 3. The van der Waals surface area contributed by atoms with Crippen LogP contribution in [-0.4, -0.2) is 41.9 Å². The first-order valence-electron chi connectivity index (χ1n) is 9.98. The first kappa shape index (κ1) is 19.4. The van der Waals surface area contributed by atoms with E-state index in [1.807, 2.05) is 60.5 Å². The molecule has 0 unspecified atom stereocenters. The van der Waals surface area contributed by atoms with Gasteiger partial charge in [-0.15, -0.1) is 0 Å². The van der Waals surface area contributed by atoms with Gasteiger partial charge in [-0.2, -0.15) is 0 Å². The van der Waals surface area contributed by atoms with E-state index in [0.717, 1.165) is 37.3 Å². The van der Waals surface area contributed by atoms with Crippen molar-refractivity contribution in [2.24, 2.45) is 0 Å². The summed E-state index contributed by atoms with van der Waals surface area (Å²) in [5, 5.41) is 0. The number of likely N-dealkylation sites (N-methyl/N-ethyl adjacent to an activating group) is 1. The van der Waals surface area contributed by atoms with Crippen LogP contribution in [0.25, 0.3) is 11.3 Å². The van der Waals surface area contributed by atoms with E-state index in [9.17, 15) is 9.18 Å². The Kier molecular flexibility index (Phi) is 5.76. The molecule has 1 saturated heterocycles. The van der Waals surface area contributed by atoms with Gasteiger partial charge in [-0.1, -0.05) is 30.3 Å². The van der Waals surface area contributed by atoms with Crippen molar-refractivity contribution in [1.82, 2.24) is 9.80 Å². The minimum absolute atomic E-state index is 0.00357. The molecule has 4 rings (SSSR count). The zero-order chi connectivity index (χ0) is 20.2. The molecule has 1 aliphatic rings. The van der Waals surface area contributed by atoms with E-state index in [2.05, 4.69) is 4.90 Å². The fourth-order valence-corrected chi connectivity index (χ4v) is 3.98. The summed E-state index contributed by atoms with van der Waals surface area (Å²) in [6.45, 7) is 2.23. The monoisotopic (exact) mass is 392 g/mol. The van der Waals surface area contributed by atoms with Crippen molar-refractivity contribution in [1.29, 1.82) is 0 Å². The number of piperidine rings is 1. The Labute approximate surface area is 170 Å².